The van der Waals surface area contributed by atoms with Crippen molar-refractivity contribution in [2.24, 2.45) is 5.92 Å². The predicted octanol–water partition coefficient (Wildman–Crippen LogP) is 1.77. The summed E-state index contributed by atoms with van der Waals surface area (Å²) in [7, 11) is 0. The maximum atomic E-state index is 9.62. The van der Waals surface area contributed by atoms with Gasteiger partial charge in [0.1, 0.15) is 5.02 Å². The Hall–Kier alpha value is -1.07. The fourth-order valence-electron chi connectivity index (χ4n) is 2.20. The number of hydrogen-bond donors (Lipinski definition) is 2. The summed E-state index contributed by atoms with van der Waals surface area (Å²) in [5.41, 5.74) is 0. The molecule has 1 fully saturated rings. The lowest BCUT2D eigenvalue weighted by Gasteiger charge is -2.20. The van der Waals surface area contributed by atoms with Crippen LogP contribution in [0.1, 0.15) is 20.3 Å². The minimum Gasteiger partial charge on any atom is -0.393 e. The van der Waals surface area contributed by atoms with Crippen LogP contribution in [0.3, 0.4) is 0 Å². The van der Waals surface area contributed by atoms with Gasteiger partial charge in [-0.3, -0.25) is 0 Å². The van der Waals surface area contributed by atoms with Crippen LogP contribution in [-0.2, 0) is 0 Å². The monoisotopic (exact) mass is 270 g/mol. The van der Waals surface area contributed by atoms with Crippen molar-refractivity contribution < 1.29 is 5.11 Å². The molecule has 1 aliphatic heterocycles. The largest absolute Gasteiger partial charge is 0.393 e. The predicted molar refractivity (Wildman–Crippen MR) is 73.2 cm³/mol. The quantitative estimate of drug-likeness (QED) is 0.873. The highest BCUT2D eigenvalue weighted by atomic mass is 35.5. The van der Waals surface area contributed by atoms with Crippen molar-refractivity contribution in [2.45, 2.75) is 26.4 Å². The highest BCUT2D eigenvalue weighted by molar-refractivity contribution is 6.32. The van der Waals surface area contributed by atoms with Gasteiger partial charge in [0, 0.05) is 25.6 Å². The average molecular weight is 271 g/mol. The van der Waals surface area contributed by atoms with Crippen molar-refractivity contribution >= 4 is 23.4 Å². The first-order valence-corrected chi connectivity index (χ1v) is 6.69. The summed E-state index contributed by atoms with van der Waals surface area (Å²) >= 11 is 6.15. The zero-order chi connectivity index (χ0) is 13.1. The lowest BCUT2D eigenvalue weighted by atomic mass is 10.0. The van der Waals surface area contributed by atoms with Gasteiger partial charge in [-0.1, -0.05) is 11.6 Å². The van der Waals surface area contributed by atoms with Gasteiger partial charge in [-0.15, -0.1) is 0 Å². The van der Waals surface area contributed by atoms with Crippen molar-refractivity contribution in [3.63, 3.8) is 0 Å². The molecule has 2 unspecified atom stereocenters. The number of aromatic nitrogens is 2. The molecule has 2 atom stereocenters. The van der Waals surface area contributed by atoms with Crippen molar-refractivity contribution in [3.05, 3.63) is 11.2 Å². The van der Waals surface area contributed by atoms with Gasteiger partial charge >= 0.3 is 0 Å². The topological polar surface area (TPSA) is 61.3 Å². The molecule has 0 aliphatic carbocycles. The lowest BCUT2D eigenvalue weighted by molar-refractivity contribution is 0.136. The molecule has 1 aromatic rings. The van der Waals surface area contributed by atoms with Crippen LogP contribution in [0.2, 0.25) is 5.02 Å². The highest BCUT2D eigenvalue weighted by Crippen LogP contribution is 2.29. The van der Waals surface area contributed by atoms with Crippen molar-refractivity contribution in [3.8, 4) is 0 Å². The highest BCUT2D eigenvalue weighted by Gasteiger charge is 2.28. The maximum Gasteiger partial charge on any atom is 0.224 e. The number of anilines is 2. The van der Waals surface area contributed by atoms with E-state index in [9.17, 15) is 5.11 Å². The molecule has 0 spiro atoms. The molecule has 0 bridgehead atoms. The Labute approximate surface area is 112 Å². The molecule has 5 nitrogen and oxygen atoms in total. The summed E-state index contributed by atoms with van der Waals surface area (Å²) < 4.78 is 0. The van der Waals surface area contributed by atoms with Gasteiger partial charge in [0.2, 0.25) is 5.95 Å². The number of halogens is 1. The zero-order valence-electron chi connectivity index (χ0n) is 10.7. The van der Waals surface area contributed by atoms with E-state index in [0.29, 0.717) is 16.9 Å². The molecule has 0 radical (unpaired) electrons. The number of nitrogens with zero attached hydrogens (tertiary/aromatic N) is 3. The SMILES string of the molecule is CCNc1ncc(Cl)c(N2CCC(C(C)O)C2)n1. The lowest BCUT2D eigenvalue weighted by Crippen LogP contribution is -2.25. The van der Waals surface area contributed by atoms with Gasteiger partial charge in [-0.25, -0.2) is 4.98 Å². The summed E-state index contributed by atoms with van der Waals surface area (Å²) in [6, 6.07) is 0. The van der Waals surface area contributed by atoms with Crippen LogP contribution in [0.15, 0.2) is 6.20 Å². The summed E-state index contributed by atoms with van der Waals surface area (Å²) in [6.45, 7) is 6.27. The first-order valence-electron chi connectivity index (χ1n) is 6.31. The summed E-state index contributed by atoms with van der Waals surface area (Å²) in [5, 5.41) is 13.3. The third-order valence-corrected chi connectivity index (χ3v) is 3.53. The molecule has 18 heavy (non-hydrogen) atoms. The van der Waals surface area contributed by atoms with Gasteiger partial charge in [0.05, 0.1) is 12.3 Å². The van der Waals surface area contributed by atoms with E-state index in [1.165, 1.54) is 0 Å². The van der Waals surface area contributed by atoms with Crippen LogP contribution in [0.5, 0.6) is 0 Å². The van der Waals surface area contributed by atoms with Crippen LogP contribution >= 0.6 is 11.6 Å². The van der Waals surface area contributed by atoms with E-state index in [1.807, 2.05) is 13.8 Å². The number of aliphatic hydroxyl groups excluding tert-OH is 1. The number of hydrogen-bond acceptors (Lipinski definition) is 5. The van der Waals surface area contributed by atoms with E-state index in [0.717, 1.165) is 31.9 Å². The van der Waals surface area contributed by atoms with E-state index in [-0.39, 0.29) is 6.10 Å². The number of rotatable bonds is 4. The van der Waals surface area contributed by atoms with E-state index in [4.69, 9.17) is 11.6 Å². The van der Waals surface area contributed by atoms with Gasteiger partial charge in [0.15, 0.2) is 5.82 Å². The van der Waals surface area contributed by atoms with Crippen molar-refractivity contribution in [1.29, 1.82) is 0 Å². The summed E-state index contributed by atoms with van der Waals surface area (Å²) in [6.07, 6.45) is 2.30. The molecule has 2 rings (SSSR count). The standard InChI is InChI=1S/C12H19ClN4O/c1-3-14-12-15-6-10(13)11(16-12)17-5-4-9(7-17)8(2)18/h6,8-9,18H,3-5,7H2,1-2H3,(H,14,15,16). The molecular weight excluding hydrogens is 252 g/mol. The third kappa shape index (κ3) is 2.84. The molecule has 0 aromatic carbocycles. The van der Waals surface area contributed by atoms with Gasteiger partial charge < -0.3 is 15.3 Å². The Morgan fingerprint density at radius 3 is 3.06 bits per heavy atom. The molecular formula is C12H19ClN4O. The molecule has 1 aliphatic rings. The van der Waals surface area contributed by atoms with E-state index >= 15 is 0 Å². The average Bonchev–Trinajstić information content (AvgIpc) is 2.81. The Morgan fingerprint density at radius 2 is 2.44 bits per heavy atom. The summed E-state index contributed by atoms with van der Waals surface area (Å²) in [5.74, 6) is 1.64. The Balaban J connectivity index is 2.15. The molecule has 100 valence electrons. The number of aliphatic hydroxyl groups is 1. The maximum absolute atomic E-state index is 9.62. The van der Waals surface area contributed by atoms with Crippen LogP contribution in [-0.4, -0.2) is 40.8 Å². The van der Waals surface area contributed by atoms with Crippen LogP contribution in [0, 0.1) is 5.92 Å². The third-order valence-electron chi connectivity index (χ3n) is 3.27. The second kappa shape index (κ2) is 5.71. The molecule has 6 heteroatoms. The van der Waals surface area contributed by atoms with Crippen molar-refractivity contribution in [2.75, 3.05) is 29.9 Å². The van der Waals surface area contributed by atoms with Gasteiger partial charge in [-0.2, -0.15) is 4.98 Å². The normalized spacial score (nSPS) is 21.1. The minimum absolute atomic E-state index is 0.288. The zero-order valence-corrected chi connectivity index (χ0v) is 11.5. The Kier molecular flexibility index (Phi) is 4.24. The van der Waals surface area contributed by atoms with Crippen LogP contribution < -0.4 is 10.2 Å². The molecule has 2 N–H and O–H groups in total. The molecule has 1 aromatic heterocycles. The Bertz CT molecular complexity index is 413. The number of nitrogens with one attached hydrogen (secondary N) is 1. The van der Waals surface area contributed by atoms with E-state index in [2.05, 4.69) is 20.2 Å². The second-order valence-electron chi connectivity index (χ2n) is 4.63. The minimum atomic E-state index is -0.288. The van der Waals surface area contributed by atoms with Crippen molar-refractivity contribution in [1.82, 2.24) is 9.97 Å². The smallest absolute Gasteiger partial charge is 0.224 e. The summed E-state index contributed by atoms with van der Waals surface area (Å²) in [4.78, 5) is 10.7. The molecule has 1 saturated heterocycles. The molecule has 0 saturated carbocycles. The molecule has 2 heterocycles. The fourth-order valence-corrected chi connectivity index (χ4v) is 2.41. The van der Waals surface area contributed by atoms with Gasteiger partial charge in [0.25, 0.3) is 0 Å². The van der Waals surface area contributed by atoms with E-state index in [1.54, 1.807) is 6.20 Å². The second-order valence-corrected chi connectivity index (χ2v) is 5.04. The molecule has 0 amide bonds. The Morgan fingerprint density at radius 1 is 1.67 bits per heavy atom. The van der Waals surface area contributed by atoms with E-state index < -0.39 is 0 Å². The van der Waals surface area contributed by atoms with Crippen LogP contribution in [0.4, 0.5) is 11.8 Å². The van der Waals surface area contributed by atoms with Gasteiger partial charge in [-0.05, 0) is 20.3 Å². The first-order chi connectivity index (χ1) is 8.61. The fraction of sp³-hybridized carbons (Fsp3) is 0.667. The first kappa shape index (κ1) is 13.4. The van der Waals surface area contributed by atoms with Crippen LogP contribution in [0.25, 0.3) is 0 Å².